The molecule has 8 heteroatoms. The van der Waals surface area contributed by atoms with Gasteiger partial charge >= 0.3 is 12.1 Å². The number of carboxylic acid groups (broad SMARTS) is 1. The third-order valence-corrected chi connectivity index (χ3v) is 6.69. The fourth-order valence-corrected chi connectivity index (χ4v) is 4.92. The molecule has 2 amide bonds. The summed E-state index contributed by atoms with van der Waals surface area (Å²) in [4.78, 5) is 36.1. The summed E-state index contributed by atoms with van der Waals surface area (Å²) in [6.07, 6.45) is 1.09. The number of aliphatic carboxylic acids is 1. The molecule has 35 heavy (non-hydrogen) atoms. The van der Waals surface area contributed by atoms with Gasteiger partial charge in [0, 0.05) is 24.9 Å². The molecule has 1 heterocycles. The molecule has 1 unspecified atom stereocenters. The van der Waals surface area contributed by atoms with Gasteiger partial charge in [-0.05, 0) is 35.1 Å². The Kier molecular flexibility index (Phi) is 8.02. The highest BCUT2D eigenvalue weighted by Crippen LogP contribution is 2.44. The molecule has 1 aliphatic heterocycles. The van der Waals surface area contributed by atoms with Crippen molar-refractivity contribution in [1.82, 2.24) is 10.6 Å². The van der Waals surface area contributed by atoms with Crippen LogP contribution in [0.1, 0.15) is 49.7 Å². The fourth-order valence-electron chi connectivity index (χ4n) is 4.92. The Balaban J connectivity index is 1.27. The second-order valence-electron chi connectivity index (χ2n) is 9.19. The Bertz CT molecular complexity index is 1030. The van der Waals surface area contributed by atoms with E-state index < -0.39 is 18.0 Å². The van der Waals surface area contributed by atoms with E-state index in [9.17, 15) is 14.4 Å². The molecule has 186 valence electrons. The number of fused-ring (bicyclic) bond motifs is 3. The molecular weight excluding hydrogens is 448 g/mol. The summed E-state index contributed by atoms with van der Waals surface area (Å²) in [6, 6.07) is 16.0. The van der Waals surface area contributed by atoms with Gasteiger partial charge in [-0.15, -0.1) is 0 Å². The van der Waals surface area contributed by atoms with Crippen molar-refractivity contribution < 1.29 is 29.0 Å². The van der Waals surface area contributed by atoms with Crippen molar-refractivity contribution in [3.05, 3.63) is 59.7 Å². The second kappa shape index (κ2) is 11.4. The molecule has 3 atom stereocenters. The van der Waals surface area contributed by atoms with Crippen molar-refractivity contribution in [1.29, 1.82) is 0 Å². The molecular formula is C27H32N2O6. The van der Waals surface area contributed by atoms with Crippen molar-refractivity contribution in [2.75, 3.05) is 19.8 Å². The van der Waals surface area contributed by atoms with Gasteiger partial charge in [-0.3, -0.25) is 9.59 Å². The standard InChI is InChI=1S/C27H32N2O6/c1-2-7-18(13-25(30)28-14-19-12-17(15-34-19)26(31)32)29-27(33)35-16-24-22-10-5-3-8-20(22)21-9-4-6-11-23(21)24/h3-6,8-11,17-19,24H,2,7,12-16H2,1H3,(H,28,30)(H,29,33)(H,31,32)/t17-,18?,19-/m0/s1. The topological polar surface area (TPSA) is 114 Å². The van der Waals surface area contributed by atoms with E-state index in [1.54, 1.807) is 0 Å². The summed E-state index contributed by atoms with van der Waals surface area (Å²) in [5, 5.41) is 14.7. The summed E-state index contributed by atoms with van der Waals surface area (Å²) in [6.45, 7) is 2.63. The molecule has 1 saturated heterocycles. The van der Waals surface area contributed by atoms with Crippen LogP contribution in [-0.4, -0.2) is 55.0 Å². The van der Waals surface area contributed by atoms with Crippen molar-refractivity contribution >= 4 is 18.0 Å². The minimum absolute atomic E-state index is 0.0258. The number of benzene rings is 2. The van der Waals surface area contributed by atoms with E-state index >= 15 is 0 Å². The van der Waals surface area contributed by atoms with Gasteiger partial charge in [0.25, 0.3) is 0 Å². The summed E-state index contributed by atoms with van der Waals surface area (Å²) < 4.78 is 11.1. The first-order chi connectivity index (χ1) is 17.0. The summed E-state index contributed by atoms with van der Waals surface area (Å²) in [7, 11) is 0. The Morgan fingerprint density at radius 2 is 1.74 bits per heavy atom. The number of carboxylic acids is 1. The van der Waals surface area contributed by atoms with Gasteiger partial charge in [0.15, 0.2) is 0 Å². The Labute approximate surface area is 205 Å². The summed E-state index contributed by atoms with van der Waals surface area (Å²) in [5.41, 5.74) is 4.62. The van der Waals surface area contributed by atoms with Gasteiger partial charge in [0.2, 0.25) is 5.91 Å². The van der Waals surface area contributed by atoms with Gasteiger partial charge in [0.1, 0.15) is 6.61 Å². The maximum Gasteiger partial charge on any atom is 0.407 e. The quantitative estimate of drug-likeness (QED) is 0.478. The molecule has 2 aromatic carbocycles. The van der Waals surface area contributed by atoms with Crippen LogP contribution in [0.15, 0.2) is 48.5 Å². The second-order valence-corrected chi connectivity index (χ2v) is 9.19. The monoisotopic (exact) mass is 480 g/mol. The van der Waals surface area contributed by atoms with E-state index in [4.69, 9.17) is 14.6 Å². The maximum atomic E-state index is 12.6. The van der Waals surface area contributed by atoms with Gasteiger partial charge in [-0.1, -0.05) is 61.9 Å². The molecule has 0 saturated carbocycles. The number of carbonyl (C=O) groups excluding carboxylic acids is 2. The smallest absolute Gasteiger partial charge is 0.407 e. The Hall–Kier alpha value is -3.39. The van der Waals surface area contributed by atoms with E-state index in [1.807, 2.05) is 31.2 Å². The number of alkyl carbamates (subject to hydrolysis) is 1. The summed E-state index contributed by atoms with van der Waals surface area (Å²) >= 11 is 0. The van der Waals surface area contributed by atoms with Crippen LogP contribution < -0.4 is 10.6 Å². The maximum absolute atomic E-state index is 12.6. The minimum atomic E-state index is -0.880. The van der Waals surface area contributed by atoms with Crippen LogP contribution in [0.4, 0.5) is 4.79 Å². The molecule has 2 aromatic rings. The number of amides is 2. The normalized spacial score (nSPS) is 19.5. The largest absolute Gasteiger partial charge is 0.481 e. The van der Waals surface area contributed by atoms with E-state index in [-0.39, 0.29) is 50.2 Å². The van der Waals surface area contributed by atoms with Gasteiger partial charge in [0.05, 0.1) is 18.6 Å². The van der Waals surface area contributed by atoms with Crippen molar-refractivity contribution in [2.45, 2.75) is 50.7 Å². The first-order valence-corrected chi connectivity index (χ1v) is 12.2. The molecule has 0 bridgehead atoms. The Morgan fingerprint density at radius 3 is 2.34 bits per heavy atom. The van der Waals surface area contributed by atoms with Gasteiger partial charge < -0.3 is 25.2 Å². The van der Waals surface area contributed by atoms with Crippen LogP contribution in [0.3, 0.4) is 0 Å². The zero-order chi connectivity index (χ0) is 24.8. The molecule has 2 aliphatic rings. The summed E-state index contributed by atoms with van der Waals surface area (Å²) in [5.74, 6) is -1.65. The zero-order valence-corrected chi connectivity index (χ0v) is 19.9. The van der Waals surface area contributed by atoms with E-state index in [0.29, 0.717) is 12.8 Å². The number of carbonyl (C=O) groups is 3. The lowest BCUT2D eigenvalue weighted by Crippen LogP contribution is -2.41. The molecule has 4 rings (SSSR count). The molecule has 8 nitrogen and oxygen atoms in total. The highest BCUT2D eigenvalue weighted by molar-refractivity contribution is 5.79. The number of hydrogen-bond donors (Lipinski definition) is 3. The lowest BCUT2D eigenvalue weighted by Gasteiger charge is -2.20. The third kappa shape index (κ3) is 6.00. The number of ether oxygens (including phenoxy) is 2. The molecule has 1 aliphatic carbocycles. The van der Waals surface area contributed by atoms with Crippen LogP contribution in [0.5, 0.6) is 0 Å². The average Bonchev–Trinajstić information content (AvgIpc) is 3.45. The van der Waals surface area contributed by atoms with Crippen molar-refractivity contribution in [2.24, 2.45) is 5.92 Å². The van der Waals surface area contributed by atoms with Gasteiger partial charge in [-0.2, -0.15) is 0 Å². The van der Waals surface area contributed by atoms with Crippen molar-refractivity contribution in [3.63, 3.8) is 0 Å². The molecule has 0 radical (unpaired) electrons. The fraction of sp³-hybridized carbons (Fsp3) is 0.444. The minimum Gasteiger partial charge on any atom is -0.481 e. The third-order valence-electron chi connectivity index (χ3n) is 6.69. The lowest BCUT2D eigenvalue weighted by atomic mass is 9.98. The van der Waals surface area contributed by atoms with E-state index in [2.05, 4.69) is 34.9 Å². The van der Waals surface area contributed by atoms with Crippen LogP contribution in [0.2, 0.25) is 0 Å². The van der Waals surface area contributed by atoms with Crippen molar-refractivity contribution in [3.8, 4) is 11.1 Å². The molecule has 1 fully saturated rings. The first-order valence-electron chi connectivity index (χ1n) is 12.2. The average molecular weight is 481 g/mol. The van der Waals surface area contributed by atoms with E-state index in [1.165, 1.54) is 11.1 Å². The molecule has 0 aromatic heterocycles. The van der Waals surface area contributed by atoms with Crippen LogP contribution in [-0.2, 0) is 19.1 Å². The Morgan fingerprint density at radius 1 is 1.09 bits per heavy atom. The first kappa shape index (κ1) is 24.7. The van der Waals surface area contributed by atoms with Crippen LogP contribution >= 0.6 is 0 Å². The predicted molar refractivity (Wildman–Crippen MR) is 130 cm³/mol. The van der Waals surface area contributed by atoms with Gasteiger partial charge in [-0.25, -0.2) is 4.79 Å². The highest BCUT2D eigenvalue weighted by atomic mass is 16.5. The molecule has 3 N–H and O–H groups in total. The molecule has 0 spiro atoms. The van der Waals surface area contributed by atoms with Crippen LogP contribution in [0, 0.1) is 5.92 Å². The van der Waals surface area contributed by atoms with E-state index in [0.717, 1.165) is 17.5 Å². The lowest BCUT2D eigenvalue weighted by molar-refractivity contribution is -0.141. The highest BCUT2D eigenvalue weighted by Gasteiger charge is 2.31. The predicted octanol–water partition coefficient (Wildman–Crippen LogP) is 3.69. The SMILES string of the molecule is CCCC(CC(=O)NC[C@@H]1C[C@H](C(=O)O)CO1)NC(=O)OCC1c2ccccc2-c2ccccc21. The number of nitrogens with one attached hydrogen (secondary N) is 2. The van der Waals surface area contributed by atoms with Crippen LogP contribution in [0.25, 0.3) is 11.1 Å². The number of rotatable bonds is 10. The number of hydrogen-bond acceptors (Lipinski definition) is 5. The zero-order valence-electron chi connectivity index (χ0n) is 19.9.